The highest BCUT2D eigenvalue weighted by molar-refractivity contribution is 5.95. The van der Waals surface area contributed by atoms with Gasteiger partial charge in [-0.2, -0.15) is 9.90 Å². The molecular formula is C25H42N4O7. The third-order valence-electron chi connectivity index (χ3n) is 6.51. The summed E-state index contributed by atoms with van der Waals surface area (Å²) < 4.78 is 5.91. The Kier molecular flexibility index (Phi) is 11.3. The molecule has 11 heteroatoms. The zero-order valence-corrected chi connectivity index (χ0v) is 21.9. The van der Waals surface area contributed by atoms with E-state index in [0.29, 0.717) is 18.1 Å². The van der Waals surface area contributed by atoms with Crippen LogP contribution in [0.1, 0.15) is 48.5 Å². The van der Waals surface area contributed by atoms with Crippen LogP contribution in [0.2, 0.25) is 0 Å². The van der Waals surface area contributed by atoms with Crippen molar-refractivity contribution in [3.05, 3.63) is 29.3 Å². The smallest absolute Gasteiger partial charge is 0.251 e. The number of rotatable bonds is 13. The Labute approximate surface area is 213 Å². The van der Waals surface area contributed by atoms with Crippen molar-refractivity contribution in [1.29, 1.82) is 0 Å². The molecule has 0 bridgehead atoms. The molecule has 204 valence electrons. The average Bonchev–Trinajstić information content (AvgIpc) is 3.35. The number of hydrazine groups is 1. The molecule has 0 radical (unpaired) electrons. The largest absolute Gasteiger partial charge is 0.494 e. The fourth-order valence-corrected chi connectivity index (χ4v) is 4.46. The Bertz CT molecular complexity index is 820. The SMILES string of the molecule is Cc1cc(OCCCC2CCN(N3OOC(C(C)CN(C)C)O3)CC2)ccc1C(=O)NCC(O)CO. The summed E-state index contributed by atoms with van der Waals surface area (Å²) in [7, 11) is 4.04. The highest BCUT2D eigenvalue weighted by Gasteiger charge is 2.36. The molecule has 2 aliphatic rings. The number of aryl methyl sites for hydroxylation is 1. The summed E-state index contributed by atoms with van der Waals surface area (Å²) in [5.41, 5.74) is 1.32. The number of aliphatic hydroxyl groups excluding tert-OH is 2. The van der Waals surface area contributed by atoms with Crippen LogP contribution in [0.3, 0.4) is 0 Å². The summed E-state index contributed by atoms with van der Waals surface area (Å²) in [6.45, 7) is 6.70. The quantitative estimate of drug-likeness (QED) is 0.266. The van der Waals surface area contributed by atoms with Crippen molar-refractivity contribution < 1.29 is 34.5 Å². The number of nitrogens with zero attached hydrogens (tertiary/aromatic N) is 3. The molecule has 11 nitrogen and oxygen atoms in total. The van der Waals surface area contributed by atoms with E-state index in [1.165, 1.54) is 5.34 Å². The first kappa shape index (κ1) is 28.7. The van der Waals surface area contributed by atoms with E-state index in [-0.39, 0.29) is 18.4 Å². The van der Waals surface area contributed by atoms with Crippen LogP contribution in [0, 0.1) is 18.8 Å². The predicted molar refractivity (Wildman–Crippen MR) is 132 cm³/mol. The molecule has 1 aromatic rings. The molecule has 1 aromatic carbocycles. The van der Waals surface area contributed by atoms with Gasteiger partial charge in [0.1, 0.15) is 5.75 Å². The van der Waals surface area contributed by atoms with Gasteiger partial charge in [-0.1, -0.05) is 11.9 Å². The molecule has 3 unspecified atom stereocenters. The molecule has 0 aromatic heterocycles. The van der Waals surface area contributed by atoms with Crippen LogP contribution < -0.4 is 10.1 Å². The molecule has 2 heterocycles. The van der Waals surface area contributed by atoms with Crippen LogP contribution in [0.5, 0.6) is 5.75 Å². The molecule has 0 spiro atoms. The van der Waals surface area contributed by atoms with Crippen LogP contribution in [0.4, 0.5) is 0 Å². The minimum Gasteiger partial charge on any atom is -0.494 e. The summed E-state index contributed by atoms with van der Waals surface area (Å²) in [5, 5.41) is 24.3. The van der Waals surface area contributed by atoms with Gasteiger partial charge in [0.2, 0.25) is 6.29 Å². The molecule has 0 aliphatic carbocycles. The lowest BCUT2D eigenvalue weighted by Gasteiger charge is -2.33. The summed E-state index contributed by atoms with van der Waals surface area (Å²) in [5.74, 6) is 1.26. The minimum absolute atomic E-state index is 0.00824. The lowest BCUT2D eigenvalue weighted by Crippen LogP contribution is -2.45. The van der Waals surface area contributed by atoms with Gasteiger partial charge in [0, 0.05) is 43.0 Å². The fourth-order valence-electron chi connectivity index (χ4n) is 4.46. The number of piperidine rings is 1. The topological polar surface area (TPSA) is 116 Å². The summed E-state index contributed by atoms with van der Waals surface area (Å²) in [4.78, 5) is 30.8. The van der Waals surface area contributed by atoms with Gasteiger partial charge in [-0.3, -0.25) is 4.79 Å². The van der Waals surface area contributed by atoms with E-state index >= 15 is 0 Å². The van der Waals surface area contributed by atoms with Gasteiger partial charge < -0.3 is 25.2 Å². The molecule has 36 heavy (non-hydrogen) atoms. The molecule has 2 fully saturated rings. The van der Waals surface area contributed by atoms with E-state index in [9.17, 15) is 9.90 Å². The number of amides is 1. The van der Waals surface area contributed by atoms with Gasteiger partial charge >= 0.3 is 0 Å². The van der Waals surface area contributed by atoms with E-state index in [0.717, 1.165) is 56.6 Å². The van der Waals surface area contributed by atoms with Crippen LogP contribution >= 0.6 is 0 Å². The maximum atomic E-state index is 12.2. The summed E-state index contributed by atoms with van der Waals surface area (Å²) in [6.07, 6.45) is 2.77. The summed E-state index contributed by atoms with van der Waals surface area (Å²) >= 11 is 0. The maximum Gasteiger partial charge on any atom is 0.251 e. The van der Waals surface area contributed by atoms with Crippen molar-refractivity contribution in [3.8, 4) is 5.75 Å². The van der Waals surface area contributed by atoms with Crippen LogP contribution in [-0.2, 0) is 14.7 Å². The van der Waals surface area contributed by atoms with Gasteiger partial charge in [-0.25, -0.2) is 4.84 Å². The van der Waals surface area contributed by atoms with Crippen LogP contribution in [-0.4, -0.2) is 97.2 Å². The third-order valence-corrected chi connectivity index (χ3v) is 6.51. The molecule has 0 saturated carbocycles. The predicted octanol–water partition coefficient (Wildman–Crippen LogP) is 1.50. The van der Waals surface area contributed by atoms with Gasteiger partial charge in [0.25, 0.3) is 5.91 Å². The Hall–Kier alpha value is -1.83. The number of carbonyl (C=O) groups is 1. The molecule has 2 saturated heterocycles. The Balaban J connectivity index is 1.32. The van der Waals surface area contributed by atoms with Crippen molar-refractivity contribution in [2.45, 2.75) is 51.9 Å². The molecule has 1 amide bonds. The van der Waals surface area contributed by atoms with Crippen molar-refractivity contribution in [2.75, 3.05) is 53.5 Å². The number of benzene rings is 1. The first-order valence-corrected chi connectivity index (χ1v) is 12.8. The Morgan fingerprint density at radius 2 is 2.06 bits per heavy atom. The number of carbonyl (C=O) groups excluding carboxylic acids is 1. The summed E-state index contributed by atoms with van der Waals surface area (Å²) in [6, 6.07) is 5.35. The second kappa shape index (κ2) is 14.2. The van der Waals surface area contributed by atoms with Crippen LogP contribution in [0.15, 0.2) is 18.2 Å². The minimum atomic E-state index is -0.964. The number of ether oxygens (including phenoxy) is 1. The number of nitrogens with one attached hydrogen (secondary N) is 1. The lowest BCUT2D eigenvalue weighted by molar-refractivity contribution is -0.487. The fraction of sp³-hybridized carbons (Fsp3) is 0.720. The maximum absolute atomic E-state index is 12.2. The first-order valence-electron chi connectivity index (χ1n) is 12.8. The zero-order valence-electron chi connectivity index (χ0n) is 21.9. The van der Waals surface area contributed by atoms with Gasteiger partial charge in [-0.05, 0) is 76.4 Å². The van der Waals surface area contributed by atoms with Gasteiger partial charge in [0.15, 0.2) is 0 Å². The number of hydrogen-bond acceptors (Lipinski definition) is 10. The second-order valence-corrected chi connectivity index (χ2v) is 10.0. The molecule has 3 atom stereocenters. The van der Waals surface area contributed by atoms with Crippen molar-refractivity contribution in [2.24, 2.45) is 11.8 Å². The van der Waals surface area contributed by atoms with Crippen LogP contribution in [0.25, 0.3) is 0 Å². The molecular weight excluding hydrogens is 468 g/mol. The monoisotopic (exact) mass is 510 g/mol. The first-order chi connectivity index (χ1) is 17.3. The molecule has 2 aliphatic heterocycles. The van der Waals surface area contributed by atoms with Crippen molar-refractivity contribution in [3.63, 3.8) is 0 Å². The van der Waals surface area contributed by atoms with E-state index in [2.05, 4.69) is 17.1 Å². The molecule has 3 N–H and O–H groups in total. The normalized spacial score (nSPS) is 21.6. The van der Waals surface area contributed by atoms with E-state index in [1.54, 1.807) is 12.1 Å². The zero-order chi connectivity index (χ0) is 26.1. The Morgan fingerprint density at radius 1 is 1.31 bits per heavy atom. The van der Waals surface area contributed by atoms with Crippen molar-refractivity contribution >= 4 is 5.91 Å². The van der Waals surface area contributed by atoms with E-state index < -0.39 is 19.0 Å². The van der Waals surface area contributed by atoms with E-state index in [4.69, 9.17) is 24.6 Å². The van der Waals surface area contributed by atoms with E-state index in [1.807, 2.05) is 32.1 Å². The van der Waals surface area contributed by atoms with Gasteiger partial charge in [0.05, 0.1) is 19.3 Å². The third kappa shape index (κ3) is 8.63. The standard InChI is InChI=1S/C25H42N4O7/c1-18-14-22(7-8-23(18)24(32)26-15-21(31)17-30)33-13-5-6-20-9-11-28(12-10-20)29-34-25(35-36-29)19(2)16-27(3)4/h7-8,14,19-21,25,30-31H,5-6,9-13,15-17H2,1-4H3,(H,26,32). The highest BCUT2D eigenvalue weighted by atomic mass is 17.4. The average molecular weight is 511 g/mol. The molecule has 3 rings (SSSR count). The second-order valence-electron chi connectivity index (χ2n) is 10.0. The highest BCUT2D eigenvalue weighted by Crippen LogP contribution is 2.27. The van der Waals surface area contributed by atoms with Crippen molar-refractivity contribution in [1.82, 2.24) is 20.6 Å². The number of hydrogen-bond donors (Lipinski definition) is 3. The number of aliphatic hydroxyl groups is 2. The van der Waals surface area contributed by atoms with Gasteiger partial charge in [-0.15, -0.1) is 0 Å². The Morgan fingerprint density at radius 3 is 2.72 bits per heavy atom. The lowest BCUT2D eigenvalue weighted by atomic mass is 9.93.